The van der Waals surface area contributed by atoms with Gasteiger partial charge in [-0.25, -0.2) is 15.0 Å². The summed E-state index contributed by atoms with van der Waals surface area (Å²) in [4.78, 5) is 24.5. The second-order valence-electron chi connectivity index (χ2n) is 6.74. The molecular formula is C17H23N9. The monoisotopic (exact) mass is 353 g/mol. The van der Waals surface area contributed by atoms with Gasteiger partial charge >= 0.3 is 0 Å². The van der Waals surface area contributed by atoms with Crippen LogP contribution in [0.3, 0.4) is 0 Å². The van der Waals surface area contributed by atoms with Crippen molar-refractivity contribution < 1.29 is 0 Å². The molecule has 9 heteroatoms. The van der Waals surface area contributed by atoms with Crippen molar-refractivity contribution in [1.82, 2.24) is 29.7 Å². The molecule has 0 saturated carbocycles. The van der Waals surface area contributed by atoms with Gasteiger partial charge in [-0.05, 0) is 6.92 Å². The van der Waals surface area contributed by atoms with Crippen LogP contribution in [0, 0.1) is 6.92 Å². The molecule has 0 aliphatic carbocycles. The van der Waals surface area contributed by atoms with Gasteiger partial charge in [-0.3, -0.25) is 4.68 Å². The molecule has 0 unspecified atom stereocenters. The summed E-state index contributed by atoms with van der Waals surface area (Å²) in [6, 6.07) is 2.05. The lowest BCUT2D eigenvalue weighted by Gasteiger charge is -2.36. The van der Waals surface area contributed by atoms with Gasteiger partial charge in [0.2, 0.25) is 5.95 Å². The van der Waals surface area contributed by atoms with E-state index in [0.717, 1.165) is 60.5 Å². The van der Waals surface area contributed by atoms with Gasteiger partial charge in [0.05, 0.1) is 11.6 Å². The molecule has 1 saturated heterocycles. The molecule has 9 nitrogen and oxygen atoms in total. The Morgan fingerprint density at radius 1 is 1.00 bits per heavy atom. The van der Waals surface area contributed by atoms with Crippen molar-refractivity contribution in [2.75, 3.05) is 55.0 Å². The molecule has 0 spiro atoms. The Kier molecular flexibility index (Phi) is 4.06. The summed E-state index contributed by atoms with van der Waals surface area (Å²) in [6.45, 7) is 5.53. The Morgan fingerprint density at radius 2 is 1.73 bits per heavy atom. The first-order valence-electron chi connectivity index (χ1n) is 8.68. The van der Waals surface area contributed by atoms with Crippen molar-refractivity contribution in [1.29, 1.82) is 0 Å². The van der Waals surface area contributed by atoms with Gasteiger partial charge in [0.15, 0.2) is 5.65 Å². The first-order valence-corrected chi connectivity index (χ1v) is 8.68. The Morgan fingerprint density at radius 3 is 2.46 bits per heavy atom. The van der Waals surface area contributed by atoms with E-state index in [1.165, 1.54) is 0 Å². The SMILES string of the molecule is Cc1cc(N2CCN(c3ncnc4c3cnn4C)CC2)nc(N(C)C)n1. The standard InChI is InChI=1S/C17H23N9/c1-12-9-14(22-17(21-12)23(2)3)25-5-7-26(8-6-25)16-13-10-20-24(4)15(13)18-11-19-16/h9-11H,5-8H2,1-4H3. The normalized spacial score (nSPS) is 14.9. The molecule has 0 N–H and O–H groups in total. The number of nitrogens with zero attached hydrogens (tertiary/aromatic N) is 9. The van der Waals surface area contributed by atoms with Gasteiger partial charge in [-0.2, -0.15) is 10.1 Å². The third-order valence-electron chi connectivity index (χ3n) is 4.64. The Labute approximate surface area is 152 Å². The summed E-state index contributed by atoms with van der Waals surface area (Å²) in [5, 5.41) is 5.30. The zero-order valence-electron chi connectivity index (χ0n) is 15.6. The Bertz CT molecular complexity index is 925. The quantitative estimate of drug-likeness (QED) is 0.686. The van der Waals surface area contributed by atoms with Crippen molar-refractivity contribution in [2.45, 2.75) is 6.92 Å². The van der Waals surface area contributed by atoms with Crippen LogP contribution in [0.1, 0.15) is 5.69 Å². The van der Waals surface area contributed by atoms with Crippen LogP contribution in [-0.2, 0) is 7.05 Å². The highest BCUT2D eigenvalue weighted by Crippen LogP contribution is 2.25. The third kappa shape index (κ3) is 2.89. The molecule has 136 valence electrons. The lowest BCUT2D eigenvalue weighted by molar-refractivity contribution is 0.641. The molecule has 1 aliphatic heterocycles. The van der Waals surface area contributed by atoms with Crippen molar-refractivity contribution >= 4 is 28.6 Å². The lowest BCUT2D eigenvalue weighted by Crippen LogP contribution is -2.47. The molecule has 3 aromatic heterocycles. The summed E-state index contributed by atoms with van der Waals surface area (Å²) >= 11 is 0. The minimum atomic E-state index is 0.746. The summed E-state index contributed by atoms with van der Waals surface area (Å²) in [7, 11) is 5.83. The minimum Gasteiger partial charge on any atom is -0.353 e. The number of piperazine rings is 1. The zero-order valence-corrected chi connectivity index (χ0v) is 15.6. The van der Waals surface area contributed by atoms with Gasteiger partial charge < -0.3 is 14.7 Å². The molecule has 0 atom stereocenters. The fourth-order valence-electron chi connectivity index (χ4n) is 3.25. The number of fused-ring (bicyclic) bond motifs is 1. The van der Waals surface area contributed by atoms with Crippen LogP contribution in [0.2, 0.25) is 0 Å². The predicted octanol–water partition coefficient (Wildman–Crippen LogP) is 0.854. The van der Waals surface area contributed by atoms with Gasteiger partial charge in [0, 0.05) is 59.1 Å². The van der Waals surface area contributed by atoms with E-state index < -0.39 is 0 Å². The Balaban J connectivity index is 1.54. The fourth-order valence-corrected chi connectivity index (χ4v) is 3.25. The van der Waals surface area contributed by atoms with E-state index in [9.17, 15) is 0 Å². The van der Waals surface area contributed by atoms with E-state index in [4.69, 9.17) is 4.98 Å². The molecule has 1 fully saturated rings. The van der Waals surface area contributed by atoms with E-state index in [1.54, 1.807) is 11.0 Å². The smallest absolute Gasteiger partial charge is 0.226 e. The fraction of sp³-hybridized carbons (Fsp3) is 0.471. The lowest BCUT2D eigenvalue weighted by atomic mass is 10.2. The first-order chi connectivity index (χ1) is 12.5. The second kappa shape index (κ2) is 6.40. The largest absolute Gasteiger partial charge is 0.353 e. The highest BCUT2D eigenvalue weighted by Gasteiger charge is 2.22. The van der Waals surface area contributed by atoms with Crippen molar-refractivity contribution in [3.05, 3.63) is 24.3 Å². The molecule has 0 amide bonds. The summed E-state index contributed by atoms with van der Waals surface area (Å²) in [5.41, 5.74) is 1.84. The molecule has 0 bridgehead atoms. The maximum atomic E-state index is 4.69. The molecule has 0 aromatic carbocycles. The summed E-state index contributed by atoms with van der Waals surface area (Å²) < 4.78 is 1.78. The van der Waals surface area contributed by atoms with Gasteiger partial charge in [0.25, 0.3) is 0 Å². The number of aryl methyl sites for hydroxylation is 2. The predicted molar refractivity (Wildman–Crippen MR) is 102 cm³/mol. The van der Waals surface area contributed by atoms with Crippen LogP contribution < -0.4 is 14.7 Å². The van der Waals surface area contributed by atoms with Crippen molar-refractivity contribution in [2.24, 2.45) is 7.05 Å². The maximum absolute atomic E-state index is 4.69. The molecule has 4 heterocycles. The van der Waals surface area contributed by atoms with E-state index >= 15 is 0 Å². The average molecular weight is 353 g/mol. The van der Waals surface area contributed by atoms with E-state index in [1.807, 2.05) is 45.2 Å². The van der Waals surface area contributed by atoms with Crippen molar-refractivity contribution in [3.63, 3.8) is 0 Å². The van der Waals surface area contributed by atoms with Gasteiger partial charge in [-0.15, -0.1) is 0 Å². The van der Waals surface area contributed by atoms with Crippen LogP contribution in [0.15, 0.2) is 18.6 Å². The molecular weight excluding hydrogens is 330 g/mol. The number of hydrogen-bond acceptors (Lipinski definition) is 8. The number of rotatable bonds is 3. The molecule has 0 radical (unpaired) electrons. The first kappa shape index (κ1) is 16.5. The molecule has 26 heavy (non-hydrogen) atoms. The van der Waals surface area contributed by atoms with Crippen LogP contribution in [0.25, 0.3) is 11.0 Å². The van der Waals surface area contributed by atoms with Crippen LogP contribution in [0.4, 0.5) is 17.6 Å². The highest BCUT2D eigenvalue weighted by atomic mass is 15.3. The number of hydrogen-bond donors (Lipinski definition) is 0. The second-order valence-corrected chi connectivity index (χ2v) is 6.74. The minimum absolute atomic E-state index is 0.746. The highest BCUT2D eigenvalue weighted by molar-refractivity contribution is 5.86. The van der Waals surface area contributed by atoms with Crippen LogP contribution in [-0.4, -0.2) is 70.0 Å². The van der Waals surface area contributed by atoms with E-state index in [0.29, 0.717) is 0 Å². The molecule has 3 aromatic rings. The van der Waals surface area contributed by atoms with E-state index in [-0.39, 0.29) is 0 Å². The third-order valence-corrected chi connectivity index (χ3v) is 4.64. The summed E-state index contributed by atoms with van der Waals surface area (Å²) in [5.74, 6) is 2.68. The molecule has 4 rings (SSSR count). The van der Waals surface area contributed by atoms with Crippen molar-refractivity contribution in [3.8, 4) is 0 Å². The topological polar surface area (TPSA) is 79.1 Å². The number of anilines is 3. The maximum Gasteiger partial charge on any atom is 0.226 e. The van der Waals surface area contributed by atoms with Crippen LogP contribution >= 0.6 is 0 Å². The Hall–Kier alpha value is -2.97. The average Bonchev–Trinajstić information content (AvgIpc) is 3.03. The van der Waals surface area contributed by atoms with E-state index in [2.05, 4.69) is 29.9 Å². The van der Waals surface area contributed by atoms with Crippen LogP contribution in [0.5, 0.6) is 0 Å². The van der Waals surface area contributed by atoms with Gasteiger partial charge in [-0.1, -0.05) is 0 Å². The van der Waals surface area contributed by atoms with Gasteiger partial charge in [0.1, 0.15) is 18.0 Å². The summed E-state index contributed by atoms with van der Waals surface area (Å²) in [6.07, 6.45) is 3.46. The molecule has 1 aliphatic rings. The number of aromatic nitrogens is 6. The zero-order chi connectivity index (χ0) is 18.3.